The second-order valence-corrected chi connectivity index (χ2v) is 3.88. The summed E-state index contributed by atoms with van der Waals surface area (Å²) >= 11 is 0. The van der Waals surface area contributed by atoms with E-state index in [1.807, 2.05) is 0 Å². The van der Waals surface area contributed by atoms with Gasteiger partial charge in [-0.1, -0.05) is 12.1 Å². The third-order valence-corrected chi connectivity index (χ3v) is 2.59. The molecule has 18 heavy (non-hydrogen) atoms. The molecule has 1 saturated heterocycles. The Hall–Kier alpha value is -2.05. The summed E-state index contributed by atoms with van der Waals surface area (Å²) in [7, 11) is 1.36. The van der Waals surface area contributed by atoms with E-state index in [0.717, 1.165) is 17.0 Å². The molecule has 1 heterocycles. The lowest BCUT2D eigenvalue weighted by atomic mass is 10.1. The topological polar surface area (TPSA) is 40.6 Å². The Labute approximate surface area is 101 Å². The van der Waals surface area contributed by atoms with Gasteiger partial charge in [-0.05, 0) is 12.1 Å². The Morgan fingerprint density at radius 1 is 1.17 bits per heavy atom. The number of urea groups is 1. The summed E-state index contributed by atoms with van der Waals surface area (Å²) in [6.45, 7) is -0.217. The lowest BCUT2D eigenvalue weighted by Gasteiger charge is -2.19. The zero-order valence-electron chi connectivity index (χ0n) is 9.36. The summed E-state index contributed by atoms with van der Waals surface area (Å²) in [6, 6.07) is 3.76. The first-order valence-corrected chi connectivity index (χ1v) is 5.06. The molecule has 3 amide bonds. The average Bonchev–Trinajstić information content (AvgIpc) is 2.52. The number of benzene rings is 1. The summed E-state index contributed by atoms with van der Waals surface area (Å²) in [5.41, 5.74) is -1.42. The van der Waals surface area contributed by atoms with Crippen molar-refractivity contribution >= 4 is 17.6 Å². The van der Waals surface area contributed by atoms with E-state index in [4.69, 9.17) is 0 Å². The normalized spacial score (nSPS) is 16.7. The van der Waals surface area contributed by atoms with Gasteiger partial charge in [0, 0.05) is 7.05 Å². The molecule has 1 aliphatic rings. The maximum Gasteiger partial charge on any atom is 0.418 e. The van der Waals surface area contributed by atoms with Gasteiger partial charge >= 0.3 is 12.2 Å². The molecular formula is C11H9F3N2O2. The first kappa shape index (κ1) is 12.4. The molecular weight excluding hydrogens is 249 g/mol. The average molecular weight is 258 g/mol. The fourth-order valence-electron chi connectivity index (χ4n) is 1.76. The highest BCUT2D eigenvalue weighted by atomic mass is 19.4. The minimum Gasteiger partial charge on any atom is -0.318 e. The molecule has 96 valence electrons. The Morgan fingerprint density at radius 3 is 2.28 bits per heavy atom. The van der Waals surface area contributed by atoms with Gasteiger partial charge in [-0.3, -0.25) is 4.79 Å². The van der Waals surface area contributed by atoms with Crippen LogP contribution in [-0.4, -0.2) is 30.4 Å². The van der Waals surface area contributed by atoms with Gasteiger partial charge in [0.1, 0.15) is 6.54 Å². The van der Waals surface area contributed by atoms with E-state index >= 15 is 0 Å². The number of hydrogen-bond acceptors (Lipinski definition) is 2. The number of carbonyl (C=O) groups is 2. The largest absolute Gasteiger partial charge is 0.418 e. The zero-order valence-corrected chi connectivity index (χ0v) is 9.36. The fraction of sp³-hybridized carbons (Fsp3) is 0.273. The third-order valence-electron chi connectivity index (χ3n) is 2.59. The molecule has 0 atom stereocenters. The fourth-order valence-corrected chi connectivity index (χ4v) is 1.76. The number of para-hydroxylation sites is 1. The molecule has 7 heteroatoms. The van der Waals surface area contributed by atoms with E-state index in [9.17, 15) is 22.8 Å². The molecule has 0 bridgehead atoms. The number of imide groups is 1. The van der Waals surface area contributed by atoms with E-state index in [-0.39, 0.29) is 6.54 Å². The van der Waals surface area contributed by atoms with Gasteiger partial charge in [0.05, 0.1) is 11.3 Å². The predicted octanol–water partition coefficient (Wildman–Crippen LogP) is 2.10. The second kappa shape index (κ2) is 4.01. The maximum absolute atomic E-state index is 12.8. The predicted molar refractivity (Wildman–Crippen MR) is 57.0 cm³/mol. The number of anilines is 1. The number of carbonyl (C=O) groups excluding carboxylic acids is 2. The van der Waals surface area contributed by atoms with Gasteiger partial charge in [-0.15, -0.1) is 0 Å². The van der Waals surface area contributed by atoms with E-state index in [1.165, 1.54) is 19.2 Å². The molecule has 1 aliphatic heterocycles. The SMILES string of the molecule is CN1CC(=O)N(c2ccccc2C(F)(F)F)C1=O. The molecule has 1 fully saturated rings. The summed E-state index contributed by atoms with van der Waals surface area (Å²) in [6.07, 6.45) is -4.61. The lowest BCUT2D eigenvalue weighted by Crippen LogP contribution is -2.33. The molecule has 0 aliphatic carbocycles. The van der Waals surface area contributed by atoms with Gasteiger partial charge in [0.15, 0.2) is 0 Å². The van der Waals surface area contributed by atoms with Crippen molar-refractivity contribution in [2.75, 3.05) is 18.5 Å². The molecule has 1 aromatic carbocycles. The van der Waals surface area contributed by atoms with Crippen LogP contribution >= 0.6 is 0 Å². The minimum absolute atomic E-state index is 0.217. The van der Waals surface area contributed by atoms with Gasteiger partial charge in [0.2, 0.25) is 0 Å². The van der Waals surface area contributed by atoms with Crippen LogP contribution in [0.5, 0.6) is 0 Å². The van der Waals surface area contributed by atoms with Crippen LogP contribution < -0.4 is 4.90 Å². The number of alkyl halides is 3. The van der Waals surface area contributed by atoms with E-state index in [0.29, 0.717) is 4.90 Å². The Balaban J connectivity index is 2.52. The Kier molecular flexibility index (Phi) is 2.76. The molecule has 0 unspecified atom stereocenters. The van der Waals surface area contributed by atoms with Crippen LogP contribution in [0.1, 0.15) is 5.56 Å². The summed E-state index contributed by atoms with van der Waals surface area (Å²) < 4.78 is 38.4. The molecule has 1 aromatic rings. The minimum atomic E-state index is -4.61. The highest BCUT2D eigenvalue weighted by molar-refractivity contribution is 6.20. The lowest BCUT2D eigenvalue weighted by molar-refractivity contribution is -0.137. The van der Waals surface area contributed by atoms with Gasteiger partial charge in [0.25, 0.3) is 5.91 Å². The molecule has 4 nitrogen and oxygen atoms in total. The van der Waals surface area contributed by atoms with E-state index in [2.05, 4.69) is 0 Å². The smallest absolute Gasteiger partial charge is 0.318 e. The standard InChI is InChI=1S/C11H9F3N2O2/c1-15-6-9(17)16(10(15)18)8-5-3-2-4-7(8)11(12,13)14/h2-5H,6H2,1H3. The molecule has 0 aromatic heterocycles. The molecule has 2 rings (SSSR count). The number of halogens is 3. The van der Waals surface area contributed by atoms with Crippen molar-refractivity contribution in [3.63, 3.8) is 0 Å². The quantitative estimate of drug-likeness (QED) is 0.724. The Morgan fingerprint density at radius 2 is 1.78 bits per heavy atom. The molecule has 0 spiro atoms. The van der Waals surface area contributed by atoms with Crippen molar-refractivity contribution < 1.29 is 22.8 Å². The number of amides is 3. The van der Waals surface area contributed by atoms with Crippen LogP contribution in [0, 0.1) is 0 Å². The first-order valence-electron chi connectivity index (χ1n) is 5.06. The zero-order chi connectivity index (χ0) is 13.5. The molecule has 0 N–H and O–H groups in total. The number of rotatable bonds is 1. The van der Waals surface area contributed by atoms with Crippen molar-refractivity contribution in [2.24, 2.45) is 0 Å². The van der Waals surface area contributed by atoms with Crippen molar-refractivity contribution in [1.29, 1.82) is 0 Å². The third kappa shape index (κ3) is 1.92. The summed E-state index contributed by atoms with van der Waals surface area (Å²) in [4.78, 5) is 24.9. The highest BCUT2D eigenvalue weighted by Gasteiger charge is 2.41. The monoisotopic (exact) mass is 258 g/mol. The van der Waals surface area contributed by atoms with E-state index in [1.54, 1.807) is 0 Å². The van der Waals surface area contributed by atoms with Crippen LogP contribution in [0.25, 0.3) is 0 Å². The van der Waals surface area contributed by atoms with Crippen LogP contribution in [0.4, 0.5) is 23.7 Å². The number of likely N-dealkylation sites (N-methyl/N-ethyl adjacent to an activating group) is 1. The van der Waals surface area contributed by atoms with Crippen molar-refractivity contribution in [3.05, 3.63) is 29.8 Å². The van der Waals surface area contributed by atoms with Gasteiger partial charge < -0.3 is 4.90 Å². The highest BCUT2D eigenvalue weighted by Crippen LogP contribution is 2.37. The summed E-state index contributed by atoms with van der Waals surface area (Å²) in [5, 5.41) is 0. The second-order valence-electron chi connectivity index (χ2n) is 3.88. The van der Waals surface area contributed by atoms with Crippen LogP contribution in [0.15, 0.2) is 24.3 Å². The maximum atomic E-state index is 12.8. The molecule has 0 radical (unpaired) electrons. The van der Waals surface area contributed by atoms with Crippen LogP contribution in [0.3, 0.4) is 0 Å². The van der Waals surface area contributed by atoms with Crippen LogP contribution in [0.2, 0.25) is 0 Å². The number of hydrogen-bond donors (Lipinski definition) is 0. The summed E-state index contributed by atoms with van der Waals surface area (Å²) in [5.74, 6) is -0.667. The van der Waals surface area contributed by atoms with Gasteiger partial charge in [-0.25, -0.2) is 9.69 Å². The Bertz CT molecular complexity index is 513. The number of nitrogens with zero attached hydrogens (tertiary/aromatic N) is 2. The van der Waals surface area contributed by atoms with Gasteiger partial charge in [-0.2, -0.15) is 13.2 Å². The van der Waals surface area contributed by atoms with Crippen LogP contribution in [-0.2, 0) is 11.0 Å². The van der Waals surface area contributed by atoms with Crippen molar-refractivity contribution in [3.8, 4) is 0 Å². The van der Waals surface area contributed by atoms with Crippen molar-refractivity contribution in [1.82, 2.24) is 4.90 Å². The van der Waals surface area contributed by atoms with E-state index < -0.39 is 29.4 Å². The first-order chi connectivity index (χ1) is 8.32. The molecule has 0 saturated carbocycles. The van der Waals surface area contributed by atoms with Crippen molar-refractivity contribution in [2.45, 2.75) is 6.18 Å².